The van der Waals surface area contributed by atoms with Crippen molar-refractivity contribution in [2.45, 2.75) is 43.0 Å². The van der Waals surface area contributed by atoms with Crippen LogP contribution in [0.3, 0.4) is 0 Å². The molecular formula is C18H23NO3S. The van der Waals surface area contributed by atoms with Crippen molar-refractivity contribution in [3.05, 3.63) is 36.4 Å². The van der Waals surface area contributed by atoms with Gasteiger partial charge in [-0.05, 0) is 25.0 Å². The largest absolute Gasteiger partial charge is 0.496 e. The van der Waals surface area contributed by atoms with Gasteiger partial charge in [0.2, 0.25) is 10.0 Å². The van der Waals surface area contributed by atoms with Gasteiger partial charge < -0.3 is 4.74 Å². The number of methoxy groups -OCH3 is 1. The number of sulfonamides is 1. The van der Waals surface area contributed by atoms with Gasteiger partial charge >= 0.3 is 0 Å². The van der Waals surface area contributed by atoms with E-state index in [-0.39, 0.29) is 6.04 Å². The molecule has 0 saturated heterocycles. The normalized spacial score (nSPS) is 16.8. The van der Waals surface area contributed by atoms with Crippen LogP contribution in [0.5, 0.6) is 5.75 Å². The minimum absolute atomic E-state index is 0.106. The maximum absolute atomic E-state index is 13.1. The van der Waals surface area contributed by atoms with Crippen molar-refractivity contribution in [2.75, 3.05) is 14.2 Å². The molecule has 0 aliphatic heterocycles. The number of hydrogen-bond donors (Lipinski definition) is 0. The first-order valence-electron chi connectivity index (χ1n) is 8.09. The lowest BCUT2D eigenvalue weighted by Crippen LogP contribution is -2.38. The number of hydrogen-bond acceptors (Lipinski definition) is 3. The van der Waals surface area contributed by atoms with Gasteiger partial charge in [-0.2, -0.15) is 4.31 Å². The van der Waals surface area contributed by atoms with Gasteiger partial charge in [0.25, 0.3) is 0 Å². The van der Waals surface area contributed by atoms with Crippen LogP contribution in [0.15, 0.2) is 41.3 Å². The Balaban J connectivity index is 2.08. The van der Waals surface area contributed by atoms with Crippen molar-refractivity contribution in [3.63, 3.8) is 0 Å². The molecule has 1 aliphatic rings. The molecule has 3 rings (SSSR count). The highest BCUT2D eigenvalue weighted by molar-refractivity contribution is 7.89. The topological polar surface area (TPSA) is 46.6 Å². The average molecular weight is 333 g/mol. The molecule has 0 N–H and O–H groups in total. The third kappa shape index (κ3) is 2.95. The SMILES string of the molecule is COc1ccc(S(=O)(=O)N(C)C2CCCCC2)c2ccccc12. The van der Waals surface area contributed by atoms with Crippen LogP contribution >= 0.6 is 0 Å². The van der Waals surface area contributed by atoms with Crippen LogP contribution in [0.25, 0.3) is 10.8 Å². The first-order valence-corrected chi connectivity index (χ1v) is 9.53. The fourth-order valence-corrected chi connectivity index (χ4v) is 5.05. The van der Waals surface area contributed by atoms with Gasteiger partial charge in [0.05, 0.1) is 12.0 Å². The molecule has 0 radical (unpaired) electrons. The van der Waals surface area contributed by atoms with E-state index >= 15 is 0 Å². The Kier molecular flexibility index (Phi) is 4.60. The van der Waals surface area contributed by atoms with Gasteiger partial charge in [-0.3, -0.25) is 0 Å². The molecule has 124 valence electrons. The molecule has 1 saturated carbocycles. The van der Waals surface area contributed by atoms with Gasteiger partial charge in [-0.25, -0.2) is 8.42 Å². The molecule has 0 heterocycles. The molecule has 23 heavy (non-hydrogen) atoms. The lowest BCUT2D eigenvalue weighted by atomic mass is 9.96. The number of nitrogens with zero attached hydrogens (tertiary/aromatic N) is 1. The Morgan fingerprint density at radius 2 is 1.65 bits per heavy atom. The van der Waals surface area contributed by atoms with E-state index in [0.717, 1.165) is 36.5 Å². The molecule has 5 heteroatoms. The first kappa shape index (κ1) is 16.3. The van der Waals surface area contributed by atoms with E-state index in [1.54, 1.807) is 30.6 Å². The van der Waals surface area contributed by atoms with Crippen molar-refractivity contribution in [1.29, 1.82) is 0 Å². The van der Waals surface area contributed by atoms with Crippen LogP contribution in [-0.4, -0.2) is 32.9 Å². The molecule has 2 aromatic rings. The highest BCUT2D eigenvalue weighted by Crippen LogP contribution is 2.34. The van der Waals surface area contributed by atoms with E-state index in [0.29, 0.717) is 10.6 Å². The van der Waals surface area contributed by atoms with Crippen LogP contribution in [0, 0.1) is 0 Å². The highest BCUT2D eigenvalue weighted by Gasteiger charge is 2.30. The summed E-state index contributed by atoms with van der Waals surface area (Å²) in [5.41, 5.74) is 0. The molecule has 0 atom stereocenters. The predicted octanol–water partition coefficient (Wildman–Crippen LogP) is 3.80. The second-order valence-electron chi connectivity index (χ2n) is 6.12. The fraction of sp³-hybridized carbons (Fsp3) is 0.444. The van der Waals surface area contributed by atoms with Crippen molar-refractivity contribution in [3.8, 4) is 5.75 Å². The standard InChI is InChI=1S/C18H23NO3S/c1-19(14-8-4-3-5-9-14)23(20,21)18-13-12-17(22-2)15-10-6-7-11-16(15)18/h6-7,10-14H,3-5,8-9H2,1-2H3. The zero-order valence-electron chi connectivity index (χ0n) is 13.7. The Morgan fingerprint density at radius 1 is 1.00 bits per heavy atom. The van der Waals surface area contributed by atoms with E-state index in [4.69, 9.17) is 4.74 Å². The van der Waals surface area contributed by atoms with Crippen molar-refractivity contribution in [2.24, 2.45) is 0 Å². The zero-order chi connectivity index (χ0) is 16.4. The minimum Gasteiger partial charge on any atom is -0.496 e. The van der Waals surface area contributed by atoms with E-state index in [2.05, 4.69) is 0 Å². The summed E-state index contributed by atoms with van der Waals surface area (Å²) in [7, 11) is -0.198. The van der Waals surface area contributed by atoms with Crippen LogP contribution in [0.4, 0.5) is 0 Å². The van der Waals surface area contributed by atoms with E-state index < -0.39 is 10.0 Å². The molecule has 0 unspecified atom stereocenters. The Morgan fingerprint density at radius 3 is 2.30 bits per heavy atom. The molecule has 0 spiro atoms. The van der Waals surface area contributed by atoms with Gasteiger partial charge in [-0.15, -0.1) is 0 Å². The van der Waals surface area contributed by atoms with Crippen molar-refractivity contribution < 1.29 is 13.2 Å². The second kappa shape index (κ2) is 6.49. The van der Waals surface area contributed by atoms with Gasteiger partial charge in [-0.1, -0.05) is 43.5 Å². The predicted molar refractivity (Wildman–Crippen MR) is 92.3 cm³/mol. The summed E-state index contributed by atoms with van der Waals surface area (Å²) in [6.45, 7) is 0. The molecule has 1 aliphatic carbocycles. The van der Waals surface area contributed by atoms with E-state index in [1.807, 2.05) is 24.3 Å². The Hall–Kier alpha value is -1.59. The summed E-state index contributed by atoms with van der Waals surface area (Å²) in [6.07, 6.45) is 5.31. The van der Waals surface area contributed by atoms with Crippen molar-refractivity contribution in [1.82, 2.24) is 4.31 Å². The minimum atomic E-state index is -3.51. The molecule has 0 bridgehead atoms. The quantitative estimate of drug-likeness (QED) is 0.855. The summed E-state index contributed by atoms with van der Waals surface area (Å²) in [4.78, 5) is 0.363. The molecular weight excluding hydrogens is 310 g/mol. The maximum Gasteiger partial charge on any atom is 0.243 e. The molecule has 0 aromatic heterocycles. The van der Waals surface area contributed by atoms with Crippen LogP contribution in [-0.2, 0) is 10.0 Å². The molecule has 2 aromatic carbocycles. The number of benzene rings is 2. The third-order valence-electron chi connectivity index (χ3n) is 4.81. The summed E-state index contributed by atoms with van der Waals surface area (Å²) < 4.78 is 33.2. The Bertz CT molecular complexity index is 795. The molecule has 1 fully saturated rings. The number of ether oxygens (including phenoxy) is 1. The smallest absolute Gasteiger partial charge is 0.243 e. The number of rotatable bonds is 4. The van der Waals surface area contributed by atoms with E-state index in [1.165, 1.54) is 6.42 Å². The summed E-state index contributed by atoms with van der Waals surface area (Å²) in [6, 6.07) is 11.0. The van der Waals surface area contributed by atoms with Crippen LogP contribution in [0.2, 0.25) is 0 Å². The first-order chi connectivity index (χ1) is 11.1. The van der Waals surface area contributed by atoms with Crippen LogP contribution < -0.4 is 4.74 Å². The van der Waals surface area contributed by atoms with Crippen molar-refractivity contribution >= 4 is 20.8 Å². The third-order valence-corrected chi connectivity index (χ3v) is 6.78. The summed E-state index contributed by atoms with van der Waals surface area (Å²) >= 11 is 0. The van der Waals surface area contributed by atoms with E-state index in [9.17, 15) is 8.42 Å². The second-order valence-corrected chi connectivity index (χ2v) is 8.09. The number of fused-ring (bicyclic) bond motifs is 1. The Labute approximate surface area is 138 Å². The lowest BCUT2D eigenvalue weighted by molar-refractivity contribution is 0.286. The highest BCUT2D eigenvalue weighted by atomic mass is 32.2. The molecule has 4 nitrogen and oxygen atoms in total. The van der Waals surface area contributed by atoms with Gasteiger partial charge in [0, 0.05) is 23.9 Å². The maximum atomic E-state index is 13.1. The van der Waals surface area contributed by atoms with Gasteiger partial charge in [0.15, 0.2) is 0 Å². The zero-order valence-corrected chi connectivity index (χ0v) is 14.5. The van der Waals surface area contributed by atoms with Crippen LogP contribution in [0.1, 0.15) is 32.1 Å². The summed E-state index contributed by atoms with van der Waals surface area (Å²) in [5.74, 6) is 0.694. The fourth-order valence-electron chi connectivity index (χ4n) is 3.44. The lowest BCUT2D eigenvalue weighted by Gasteiger charge is -2.30. The molecule has 0 amide bonds. The summed E-state index contributed by atoms with van der Waals surface area (Å²) in [5, 5.41) is 1.54. The monoisotopic (exact) mass is 333 g/mol. The average Bonchev–Trinajstić information content (AvgIpc) is 2.60. The van der Waals surface area contributed by atoms with Gasteiger partial charge in [0.1, 0.15) is 5.75 Å².